The summed E-state index contributed by atoms with van der Waals surface area (Å²) in [7, 11) is 0. The highest BCUT2D eigenvalue weighted by Gasteiger charge is 2.20. The maximum Gasteiger partial charge on any atom is 0.0463 e. The number of para-hydroxylation sites is 2. The normalized spacial score (nSPS) is 11.3. The molecule has 0 saturated carbocycles. The summed E-state index contributed by atoms with van der Waals surface area (Å²) in [5.74, 6) is 0.127. The Morgan fingerprint density at radius 2 is 0.672 bits per heavy atom. The Morgan fingerprint density at radius 1 is 0.293 bits per heavy atom. The molecular formula is C55H40N2S. The summed E-state index contributed by atoms with van der Waals surface area (Å²) in [4.78, 5) is 4.67. The van der Waals surface area contributed by atoms with Gasteiger partial charge in [-0.05, 0) is 107 Å². The number of benzene rings is 9. The molecule has 0 amide bonds. The van der Waals surface area contributed by atoms with Crippen LogP contribution in [0.5, 0.6) is 0 Å². The van der Waals surface area contributed by atoms with Crippen LogP contribution in [0.25, 0.3) is 31.3 Å². The summed E-state index contributed by atoms with van der Waals surface area (Å²) in [6, 6.07) is 85.3. The maximum atomic E-state index is 2.37. The van der Waals surface area contributed by atoms with Crippen molar-refractivity contribution in [3.63, 3.8) is 0 Å². The number of thiophene rings is 1. The van der Waals surface area contributed by atoms with Crippen molar-refractivity contribution in [1.82, 2.24) is 0 Å². The zero-order chi connectivity index (χ0) is 38.7. The average Bonchev–Trinajstić information content (AvgIpc) is 3.69. The molecule has 0 atom stereocenters. The molecule has 0 bridgehead atoms. The zero-order valence-corrected chi connectivity index (χ0v) is 32.7. The first-order chi connectivity index (χ1) is 28.8. The van der Waals surface area contributed by atoms with E-state index in [-0.39, 0.29) is 5.92 Å². The van der Waals surface area contributed by atoms with Gasteiger partial charge in [0, 0.05) is 60.2 Å². The highest BCUT2D eigenvalue weighted by atomic mass is 32.1. The first-order valence-corrected chi connectivity index (χ1v) is 20.6. The minimum atomic E-state index is 0.127. The van der Waals surface area contributed by atoms with E-state index in [2.05, 4.69) is 246 Å². The van der Waals surface area contributed by atoms with Crippen molar-refractivity contribution in [2.45, 2.75) is 5.92 Å². The predicted octanol–water partition coefficient (Wildman–Crippen LogP) is 15.8. The molecule has 0 aliphatic heterocycles. The minimum absolute atomic E-state index is 0.127. The Morgan fingerprint density at radius 3 is 1.19 bits per heavy atom. The molecule has 0 saturated heterocycles. The van der Waals surface area contributed by atoms with E-state index in [0.29, 0.717) is 0 Å². The van der Waals surface area contributed by atoms with Crippen LogP contribution in [0, 0.1) is 0 Å². The lowest BCUT2D eigenvalue weighted by molar-refractivity contribution is 0.977. The molecule has 276 valence electrons. The molecule has 1 heterocycles. The SMILES string of the molecule is c1ccc(C(c2ccccc2)c2ccc(N(c3ccc(-c4cccc5c4sc4ccccc45)cc3)c3ccc(N(c4ccccc4)c4ccccc4)cc3)cc2)cc1. The third-order valence-electron chi connectivity index (χ3n) is 11.0. The summed E-state index contributed by atoms with van der Waals surface area (Å²) in [6.07, 6.45) is 0. The van der Waals surface area contributed by atoms with Crippen LogP contribution >= 0.6 is 11.3 Å². The largest absolute Gasteiger partial charge is 0.311 e. The third-order valence-corrected chi connectivity index (χ3v) is 12.2. The molecule has 10 rings (SSSR count). The quantitative estimate of drug-likeness (QED) is 0.128. The average molecular weight is 761 g/mol. The molecule has 10 aromatic rings. The van der Waals surface area contributed by atoms with Crippen molar-refractivity contribution < 1.29 is 0 Å². The fraction of sp³-hybridized carbons (Fsp3) is 0.0182. The summed E-state index contributed by atoms with van der Waals surface area (Å²) >= 11 is 1.87. The van der Waals surface area contributed by atoms with E-state index in [9.17, 15) is 0 Å². The topological polar surface area (TPSA) is 6.48 Å². The Labute approximate surface area is 344 Å². The van der Waals surface area contributed by atoms with Gasteiger partial charge in [-0.1, -0.05) is 158 Å². The first kappa shape index (κ1) is 35.2. The molecule has 0 aliphatic carbocycles. The number of rotatable bonds is 10. The van der Waals surface area contributed by atoms with Crippen molar-refractivity contribution in [3.8, 4) is 11.1 Å². The Hall–Kier alpha value is -7.20. The van der Waals surface area contributed by atoms with Gasteiger partial charge in [0.25, 0.3) is 0 Å². The Bertz CT molecular complexity index is 2700. The highest BCUT2D eigenvalue weighted by molar-refractivity contribution is 7.26. The summed E-state index contributed by atoms with van der Waals surface area (Å²) < 4.78 is 2.65. The standard InChI is InChI=1S/C55H40N2S/c1-5-16-41(17-6-1)54(42-18-7-2-8-19-42)43-30-34-47(35-31-43)57(49-38-36-48(37-39-49)56(44-20-9-3-10-21-44)45-22-11-4-12-23-45)46-32-28-40(29-33-46)50-25-15-26-52-51-24-13-14-27-53(51)58-55(50)52/h1-39,54H. The predicted molar refractivity (Wildman–Crippen MR) is 248 cm³/mol. The third kappa shape index (κ3) is 6.83. The van der Waals surface area contributed by atoms with E-state index in [1.807, 2.05) is 11.3 Å². The van der Waals surface area contributed by atoms with E-state index in [1.165, 1.54) is 48.0 Å². The molecule has 1 aromatic heterocycles. The molecule has 2 nitrogen and oxygen atoms in total. The van der Waals surface area contributed by atoms with E-state index in [1.54, 1.807) is 0 Å². The van der Waals surface area contributed by atoms with Gasteiger partial charge >= 0.3 is 0 Å². The van der Waals surface area contributed by atoms with Crippen molar-refractivity contribution in [2.75, 3.05) is 9.80 Å². The van der Waals surface area contributed by atoms with Gasteiger partial charge in [-0.3, -0.25) is 0 Å². The van der Waals surface area contributed by atoms with Gasteiger partial charge in [0.2, 0.25) is 0 Å². The van der Waals surface area contributed by atoms with Gasteiger partial charge in [-0.25, -0.2) is 0 Å². The number of fused-ring (bicyclic) bond motifs is 3. The van der Waals surface area contributed by atoms with Crippen LogP contribution in [0.1, 0.15) is 22.6 Å². The van der Waals surface area contributed by atoms with Gasteiger partial charge in [-0.2, -0.15) is 0 Å². The molecule has 0 aliphatic rings. The first-order valence-electron chi connectivity index (χ1n) is 19.8. The van der Waals surface area contributed by atoms with E-state index >= 15 is 0 Å². The van der Waals surface area contributed by atoms with Crippen molar-refractivity contribution in [1.29, 1.82) is 0 Å². The Balaban J connectivity index is 1.06. The lowest BCUT2D eigenvalue weighted by Gasteiger charge is -2.29. The number of anilines is 6. The molecule has 0 spiro atoms. The van der Waals surface area contributed by atoms with Crippen LogP contribution in [0.3, 0.4) is 0 Å². The maximum absolute atomic E-state index is 2.37. The summed E-state index contributed by atoms with van der Waals surface area (Å²) in [5.41, 5.74) is 12.9. The van der Waals surface area contributed by atoms with Crippen molar-refractivity contribution >= 4 is 65.6 Å². The molecule has 0 unspecified atom stereocenters. The zero-order valence-electron chi connectivity index (χ0n) is 31.9. The Kier molecular flexibility index (Phi) is 9.56. The minimum Gasteiger partial charge on any atom is -0.311 e. The molecule has 3 heteroatoms. The van der Waals surface area contributed by atoms with Gasteiger partial charge in [0.15, 0.2) is 0 Å². The lowest BCUT2D eigenvalue weighted by atomic mass is 9.85. The fourth-order valence-electron chi connectivity index (χ4n) is 8.25. The van der Waals surface area contributed by atoms with Gasteiger partial charge in [0.1, 0.15) is 0 Å². The summed E-state index contributed by atoms with van der Waals surface area (Å²) in [6.45, 7) is 0. The van der Waals surface area contributed by atoms with Crippen LogP contribution in [0.4, 0.5) is 34.1 Å². The van der Waals surface area contributed by atoms with Gasteiger partial charge in [0.05, 0.1) is 0 Å². The second-order valence-electron chi connectivity index (χ2n) is 14.5. The van der Waals surface area contributed by atoms with E-state index in [0.717, 1.165) is 34.1 Å². The molecule has 9 aromatic carbocycles. The van der Waals surface area contributed by atoms with E-state index in [4.69, 9.17) is 0 Å². The van der Waals surface area contributed by atoms with Crippen LogP contribution in [-0.2, 0) is 0 Å². The molecule has 0 N–H and O–H groups in total. The van der Waals surface area contributed by atoms with Crippen LogP contribution < -0.4 is 9.80 Å². The van der Waals surface area contributed by atoms with Crippen molar-refractivity contribution in [3.05, 3.63) is 253 Å². The van der Waals surface area contributed by atoms with Gasteiger partial charge in [-0.15, -0.1) is 11.3 Å². The molecule has 58 heavy (non-hydrogen) atoms. The fourth-order valence-corrected chi connectivity index (χ4v) is 9.49. The second-order valence-corrected chi connectivity index (χ2v) is 15.6. The molecule has 0 fully saturated rings. The number of hydrogen-bond donors (Lipinski definition) is 0. The van der Waals surface area contributed by atoms with Crippen LogP contribution in [-0.4, -0.2) is 0 Å². The monoisotopic (exact) mass is 760 g/mol. The number of nitrogens with zero attached hydrogens (tertiary/aromatic N) is 2. The summed E-state index contributed by atoms with van der Waals surface area (Å²) in [5, 5.41) is 2.63. The second kappa shape index (κ2) is 15.7. The highest BCUT2D eigenvalue weighted by Crippen LogP contribution is 2.43. The molecule has 0 radical (unpaired) electrons. The van der Waals surface area contributed by atoms with E-state index < -0.39 is 0 Å². The smallest absolute Gasteiger partial charge is 0.0463 e. The molecular weight excluding hydrogens is 721 g/mol. The lowest BCUT2D eigenvalue weighted by Crippen LogP contribution is -2.12. The van der Waals surface area contributed by atoms with Gasteiger partial charge < -0.3 is 9.80 Å². The van der Waals surface area contributed by atoms with Crippen LogP contribution in [0.15, 0.2) is 237 Å². The number of hydrogen-bond acceptors (Lipinski definition) is 3. The van der Waals surface area contributed by atoms with Crippen LogP contribution in [0.2, 0.25) is 0 Å². The van der Waals surface area contributed by atoms with Crippen molar-refractivity contribution in [2.24, 2.45) is 0 Å².